The molecule has 1 aliphatic rings. The van der Waals surface area contributed by atoms with Gasteiger partial charge >= 0.3 is 12.2 Å². The fraction of sp³-hybridized carbons (Fsp3) is 0.625. The first-order valence-electron chi connectivity index (χ1n) is 11.3. The van der Waals surface area contributed by atoms with Crippen molar-refractivity contribution >= 4 is 40.5 Å². The average molecular weight is 479 g/mol. The van der Waals surface area contributed by atoms with Crippen molar-refractivity contribution in [1.82, 2.24) is 14.5 Å². The molecule has 0 aromatic carbocycles. The fourth-order valence-electron chi connectivity index (χ4n) is 4.40. The van der Waals surface area contributed by atoms with Crippen LogP contribution in [0.1, 0.15) is 72.6 Å². The molecule has 182 valence electrons. The van der Waals surface area contributed by atoms with Gasteiger partial charge in [0.2, 0.25) is 0 Å². The molecule has 2 aromatic rings. The number of amides is 1. The summed E-state index contributed by atoms with van der Waals surface area (Å²) in [6.07, 6.45) is 0.229. The second-order valence-electron chi connectivity index (χ2n) is 10.9. The molecule has 0 unspecified atom stereocenters. The Morgan fingerprint density at radius 1 is 1.09 bits per heavy atom. The molecule has 3 heterocycles. The molecule has 1 saturated heterocycles. The van der Waals surface area contributed by atoms with Gasteiger partial charge in [0.25, 0.3) is 0 Å². The molecular formula is C24H35ClN4O4. The normalized spacial score (nSPS) is 15.5. The largest absolute Gasteiger partial charge is 0.464 e. The Morgan fingerprint density at radius 3 is 2.12 bits per heavy atom. The molecule has 0 bridgehead atoms. The SMILES string of the molecule is CC(C)c1c(C(C)(C)C)n(C(=O)O)c2cnc(N3CCN(C(=O)OC(C)(C)C)CC3)c(Cl)c12. The first kappa shape index (κ1) is 25.1. The topological polar surface area (TPSA) is 87.9 Å². The molecule has 0 spiro atoms. The number of aromatic nitrogens is 2. The van der Waals surface area contributed by atoms with Crippen molar-refractivity contribution in [2.24, 2.45) is 0 Å². The van der Waals surface area contributed by atoms with Crippen LogP contribution in [-0.2, 0) is 10.2 Å². The highest BCUT2D eigenvalue weighted by Crippen LogP contribution is 2.43. The minimum atomic E-state index is -1.05. The highest BCUT2D eigenvalue weighted by molar-refractivity contribution is 6.38. The third-order valence-electron chi connectivity index (χ3n) is 5.68. The summed E-state index contributed by atoms with van der Waals surface area (Å²) in [7, 11) is 0. The smallest absolute Gasteiger partial charge is 0.416 e. The van der Waals surface area contributed by atoms with Gasteiger partial charge in [-0.3, -0.25) is 0 Å². The molecule has 1 amide bonds. The van der Waals surface area contributed by atoms with E-state index in [9.17, 15) is 14.7 Å². The number of anilines is 1. The van der Waals surface area contributed by atoms with Crippen LogP contribution in [0, 0.1) is 0 Å². The Bertz CT molecular complexity index is 1070. The third kappa shape index (κ3) is 4.90. The zero-order chi connectivity index (χ0) is 24.9. The highest BCUT2D eigenvalue weighted by atomic mass is 35.5. The second kappa shape index (κ2) is 8.70. The van der Waals surface area contributed by atoms with Crippen LogP contribution in [0.2, 0.25) is 5.02 Å². The number of carbonyl (C=O) groups is 2. The van der Waals surface area contributed by atoms with Crippen molar-refractivity contribution in [3.8, 4) is 0 Å². The van der Waals surface area contributed by atoms with Crippen molar-refractivity contribution in [1.29, 1.82) is 0 Å². The zero-order valence-corrected chi connectivity index (χ0v) is 21.6. The summed E-state index contributed by atoms with van der Waals surface area (Å²) in [5.74, 6) is 0.678. The van der Waals surface area contributed by atoms with E-state index in [4.69, 9.17) is 16.3 Å². The standard InChI is InChI=1S/C24H35ClN4O4/c1-14(2)16-17-15(29(21(30)31)19(16)23(3,4)5)13-26-20(18(17)25)27-9-11-28(12-10-27)22(32)33-24(6,7)8/h13-14H,9-12H2,1-8H3,(H,30,31). The molecule has 33 heavy (non-hydrogen) atoms. The summed E-state index contributed by atoms with van der Waals surface area (Å²) in [6.45, 7) is 17.8. The molecular weight excluding hydrogens is 444 g/mol. The maximum absolute atomic E-state index is 12.4. The lowest BCUT2D eigenvalue weighted by atomic mass is 9.85. The molecule has 0 radical (unpaired) electrons. The Balaban J connectivity index is 2.02. The van der Waals surface area contributed by atoms with E-state index >= 15 is 0 Å². The van der Waals surface area contributed by atoms with Crippen LogP contribution in [0.4, 0.5) is 15.4 Å². The van der Waals surface area contributed by atoms with Crippen LogP contribution < -0.4 is 4.90 Å². The number of carbonyl (C=O) groups excluding carboxylic acids is 1. The lowest BCUT2D eigenvalue weighted by Crippen LogP contribution is -2.50. The van der Waals surface area contributed by atoms with Gasteiger partial charge in [0.15, 0.2) is 0 Å². The predicted octanol–water partition coefficient (Wildman–Crippen LogP) is 5.69. The molecule has 1 N–H and O–H groups in total. The summed E-state index contributed by atoms with van der Waals surface area (Å²) >= 11 is 6.93. The maximum atomic E-state index is 12.4. The minimum absolute atomic E-state index is 0.0686. The van der Waals surface area contributed by atoms with Gasteiger partial charge in [-0.25, -0.2) is 19.1 Å². The van der Waals surface area contributed by atoms with E-state index in [1.54, 1.807) is 11.1 Å². The number of hydrogen-bond donors (Lipinski definition) is 1. The van der Waals surface area contributed by atoms with E-state index < -0.39 is 17.1 Å². The number of ether oxygens (including phenoxy) is 1. The van der Waals surface area contributed by atoms with Gasteiger partial charge in [-0.1, -0.05) is 46.2 Å². The Kier molecular flexibility index (Phi) is 6.63. The van der Waals surface area contributed by atoms with Crippen LogP contribution in [0.5, 0.6) is 0 Å². The molecule has 0 saturated carbocycles. The Labute approximate surface area is 200 Å². The van der Waals surface area contributed by atoms with Gasteiger partial charge in [-0.15, -0.1) is 0 Å². The van der Waals surface area contributed by atoms with Gasteiger partial charge in [0.05, 0.1) is 16.7 Å². The number of fused-ring (bicyclic) bond motifs is 1. The number of nitrogens with zero attached hydrogens (tertiary/aromatic N) is 4. The Hall–Kier alpha value is -2.48. The van der Waals surface area contributed by atoms with Gasteiger partial charge in [0, 0.05) is 42.7 Å². The average Bonchev–Trinajstić information content (AvgIpc) is 3.04. The van der Waals surface area contributed by atoms with Crippen LogP contribution in [-0.4, -0.2) is 63.5 Å². The van der Waals surface area contributed by atoms with Crippen molar-refractivity contribution in [2.75, 3.05) is 31.1 Å². The highest BCUT2D eigenvalue weighted by Gasteiger charge is 2.34. The van der Waals surface area contributed by atoms with Gasteiger partial charge in [-0.05, 0) is 32.3 Å². The number of hydrogen-bond acceptors (Lipinski definition) is 5. The molecule has 1 aliphatic heterocycles. The molecule has 0 atom stereocenters. The number of carboxylic acid groups (broad SMARTS) is 1. The lowest BCUT2D eigenvalue weighted by molar-refractivity contribution is 0.0240. The van der Waals surface area contributed by atoms with Gasteiger partial charge in [0.1, 0.15) is 11.4 Å². The van der Waals surface area contributed by atoms with Gasteiger partial charge in [-0.2, -0.15) is 0 Å². The first-order chi connectivity index (χ1) is 15.1. The van der Waals surface area contributed by atoms with Crippen molar-refractivity contribution in [2.45, 2.75) is 72.3 Å². The van der Waals surface area contributed by atoms with E-state index in [0.29, 0.717) is 42.5 Å². The fourth-order valence-corrected chi connectivity index (χ4v) is 4.77. The summed E-state index contributed by atoms with van der Waals surface area (Å²) in [5.41, 5.74) is 1.22. The number of piperazine rings is 1. The van der Waals surface area contributed by atoms with Crippen molar-refractivity contribution in [3.63, 3.8) is 0 Å². The molecule has 1 fully saturated rings. The second-order valence-corrected chi connectivity index (χ2v) is 11.3. The monoisotopic (exact) mass is 478 g/mol. The van der Waals surface area contributed by atoms with Crippen LogP contribution in [0.15, 0.2) is 6.20 Å². The predicted molar refractivity (Wildman–Crippen MR) is 131 cm³/mol. The number of halogens is 1. The van der Waals surface area contributed by atoms with E-state index in [0.717, 1.165) is 16.6 Å². The number of pyridine rings is 1. The third-order valence-corrected chi connectivity index (χ3v) is 6.04. The summed E-state index contributed by atoms with van der Waals surface area (Å²) in [4.78, 5) is 33.0. The van der Waals surface area contributed by atoms with Crippen molar-refractivity contribution < 1.29 is 19.4 Å². The summed E-state index contributed by atoms with van der Waals surface area (Å²) < 4.78 is 6.81. The van der Waals surface area contributed by atoms with E-state index in [-0.39, 0.29) is 12.0 Å². The quantitative estimate of drug-likeness (QED) is 0.596. The van der Waals surface area contributed by atoms with Crippen LogP contribution in [0.3, 0.4) is 0 Å². The van der Waals surface area contributed by atoms with E-state index in [1.807, 2.05) is 60.3 Å². The molecule has 9 heteroatoms. The molecule has 0 aliphatic carbocycles. The van der Waals surface area contributed by atoms with Crippen LogP contribution in [0.25, 0.3) is 10.9 Å². The maximum Gasteiger partial charge on any atom is 0.416 e. The van der Waals surface area contributed by atoms with Gasteiger partial charge < -0.3 is 19.6 Å². The van der Waals surface area contributed by atoms with Crippen LogP contribution >= 0.6 is 11.6 Å². The van der Waals surface area contributed by atoms with E-state index in [2.05, 4.69) is 4.98 Å². The molecule has 8 nitrogen and oxygen atoms in total. The lowest BCUT2D eigenvalue weighted by Gasteiger charge is -2.36. The number of rotatable bonds is 2. The first-order valence-corrected chi connectivity index (χ1v) is 11.7. The zero-order valence-electron chi connectivity index (χ0n) is 20.8. The van der Waals surface area contributed by atoms with E-state index in [1.165, 1.54) is 4.57 Å². The Morgan fingerprint density at radius 2 is 1.67 bits per heavy atom. The molecule has 2 aromatic heterocycles. The summed E-state index contributed by atoms with van der Waals surface area (Å²) in [5, 5.41) is 11.2. The minimum Gasteiger partial charge on any atom is -0.464 e. The van der Waals surface area contributed by atoms with Crippen molar-refractivity contribution in [3.05, 3.63) is 22.5 Å². The summed E-state index contributed by atoms with van der Waals surface area (Å²) in [6, 6.07) is 0. The molecule has 3 rings (SSSR count).